The molecule has 0 heterocycles. The summed E-state index contributed by atoms with van der Waals surface area (Å²) < 4.78 is 50.2. The molecule has 0 bridgehead atoms. The Morgan fingerprint density at radius 3 is 2.00 bits per heavy atom. The Morgan fingerprint density at radius 1 is 0.950 bits per heavy atom. The number of alkyl halides is 3. The molecule has 2 aromatic rings. The lowest BCUT2D eigenvalue weighted by Crippen LogP contribution is -2.06. The first kappa shape index (κ1) is 14.5. The number of hydrogen-bond donors (Lipinski definition) is 0. The Kier molecular flexibility index (Phi) is 3.81. The highest BCUT2D eigenvalue weighted by Crippen LogP contribution is 2.29. The summed E-state index contributed by atoms with van der Waals surface area (Å²) in [6.45, 7) is 0. The van der Waals surface area contributed by atoms with Crippen LogP contribution < -0.4 is 0 Å². The Labute approximate surface area is 116 Å². The second-order valence-electron chi connectivity index (χ2n) is 4.03. The maximum atomic E-state index is 13.0. The van der Waals surface area contributed by atoms with Gasteiger partial charge in [-0.2, -0.15) is 13.2 Å². The van der Waals surface area contributed by atoms with E-state index in [1.54, 1.807) is 0 Å². The third-order valence-electron chi connectivity index (χ3n) is 2.66. The zero-order chi connectivity index (χ0) is 14.9. The average molecular weight is 303 g/mol. The van der Waals surface area contributed by atoms with Gasteiger partial charge in [-0.1, -0.05) is 23.7 Å². The molecule has 0 spiro atoms. The Morgan fingerprint density at radius 2 is 1.50 bits per heavy atom. The van der Waals surface area contributed by atoms with Crippen molar-refractivity contribution in [2.24, 2.45) is 0 Å². The summed E-state index contributed by atoms with van der Waals surface area (Å²) in [5.74, 6) is -1.20. The van der Waals surface area contributed by atoms with E-state index in [1.807, 2.05) is 0 Å². The van der Waals surface area contributed by atoms with Gasteiger partial charge in [0.05, 0.1) is 10.6 Å². The molecule has 0 saturated carbocycles. The minimum absolute atomic E-state index is 0.0701. The van der Waals surface area contributed by atoms with Crippen LogP contribution in [0.15, 0.2) is 42.5 Å². The SMILES string of the molecule is O=C(c1ccc(C(F)(F)F)cc1)c1ccc(F)c(Cl)c1. The standard InChI is InChI=1S/C14H7ClF4O/c15-11-7-9(3-6-12(11)16)13(20)8-1-4-10(5-2-8)14(17,18)19/h1-7H. The van der Waals surface area contributed by atoms with Gasteiger partial charge in [0.25, 0.3) is 0 Å². The minimum Gasteiger partial charge on any atom is -0.289 e. The van der Waals surface area contributed by atoms with E-state index < -0.39 is 23.3 Å². The first-order valence-corrected chi connectivity index (χ1v) is 5.84. The van der Waals surface area contributed by atoms with Gasteiger partial charge in [0.15, 0.2) is 5.78 Å². The Hall–Kier alpha value is -1.88. The topological polar surface area (TPSA) is 17.1 Å². The summed E-state index contributed by atoms with van der Waals surface area (Å²) >= 11 is 5.55. The number of benzene rings is 2. The van der Waals surface area contributed by atoms with Crippen LogP contribution >= 0.6 is 11.6 Å². The predicted octanol–water partition coefficient (Wildman–Crippen LogP) is 4.73. The van der Waals surface area contributed by atoms with Crippen LogP contribution in [0.4, 0.5) is 17.6 Å². The highest BCUT2D eigenvalue weighted by atomic mass is 35.5. The molecule has 0 amide bonds. The highest BCUT2D eigenvalue weighted by Gasteiger charge is 2.30. The maximum Gasteiger partial charge on any atom is 0.416 e. The predicted molar refractivity (Wildman–Crippen MR) is 66.3 cm³/mol. The lowest BCUT2D eigenvalue weighted by molar-refractivity contribution is -0.137. The van der Waals surface area contributed by atoms with Gasteiger partial charge in [-0.05, 0) is 30.3 Å². The Bertz CT molecular complexity index is 647. The number of rotatable bonds is 2. The summed E-state index contributed by atoms with van der Waals surface area (Å²) in [6.07, 6.45) is -4.46. The monoisotopic (exact) mass is 302 g/mol. The molecule has 0 N–H and O–H groups in total. The summed E-state index contributed by atoms with van der Waals surface area (Å²) in [7, 11) is 0. The quantitative estimate of drug-likeness (QED) is 0.579. The van der Waals surface area contributed by atoms with Gasteiger partial charge < -0.3 is 0 Å². The molecule has 0 radical (unpaired) electrons. The molecule has 0 atom stereocenters. The van der Waals surface area contributed by atoms with E-state index in [0.29, 0.717) is 0 Å². The van der Waals surface area contributed by atoms with Crippen LogP contribution in [0, 0.1) is 5.82 Å². The largest absolute Gasteiger partial charge is 0.416 e. The molecule has 6 heteroatoms. The molecule has 0 aliphatic heterocycles. The summed E-state index contributed by atoms with van der Waals surface area (Å²) in [6, 6.07) is 7.17. The fourth-order valence-electron chi connectivity index (χ4n) is 1.61. The van der Waals surface area contributed by atoms with Gasteiger partial charge in [-0.25, -0.2) is 4.39 Å². The fourth-order valence-corrected chi connectivity index (χ4v) is 1.80. The average Bonchev–Trinajstić information content (AvgIpc) is 2.40. The van der Waals surface area contributed by atoms with Crippen molar-refractivity contribution in [3.63, 3.8) is 0 Å². The Balaban J connectivity index is 2.31. The number of ketones is 1. The van der Waals surface area contributed by atoms with Crippen molar-refractivity contribution < 1.29 is 22.4 Å². The minimum atomic E-state index is -4.46. The van der Waals surface area contributed by atoms with Crippen molar-refractivity contribution in [3.8, 4) is 0 Å². The van der Waals surface area contributed by atoms with Crippen LogP contribution in [-0.2, 0) is 6.18 Å². The van der Waals surface area contributed by atoms with E-state index in [2.05, 4.69) is 0 Å². The van der Waals surface area contributed by atoms with Crippen molar-refractivity contribution in [2.75, 3.05) is 0 Å². The summed E-state index contributed by atoms with van der Waals surface area (Å²) in [5.41, 5.74) is -0.664. The van der Waals surface area contributed by atoms with Gasteiger partial charge in [-0.15, -0.1) is 0 Å². The molecule has 0 aromatic heterocycles. The van der Waals surface area contributed by atoms with Crippen LogP contribution in [0.25, 0.3) is 0 Å². The van der Waals surface area contributed by atoms with Gasteiger partial charge in [-0.3, -0.25) is 4.79 Å². The van der Waals surface area contributed by atoms with Gasteiger partial charge >= 0.3 is 6.18 Å². The molecule has 0 fully saturated rings. The smallest absolute Gasteiger partial charge is 0.289 e. The highest BCUT2D eigenvalue weighted by molar-refractivity contribution is 6.31. The van der Waals surface area contributed by atoms with Gasteiger partial charge in [0, 0.05) is 11.1 Å². The van der Waals surface area contributed by atoms with Crippen LogP contribution in [0.1, 0.15) is 21.5 Å². The number of halogens is 5. The lowest BCUT2D eigenvalue weighted by Gasteiger charge is -2.07. The van der Waals surface area contributed by atoms with E-state index in [4.69, 9.17) is 11.6 Å². The van der Waals surface area contributed by atoms with E-state index in [-0.39, 0.29) is 16.1 Å². The molecule has 0 aliphatic carbocycles. The fraction of sp³-hybridized carbons (Fsp3) is 0.0714. The molecular formula is C14H7ClF4O. The number of carbonyl (C=O) groups is 1. The van der Waals surface area contributed by atoms with Crippen LogP contribution in [-0.4, -0.2) is 5.78 Å². The summed E-state index contributed by atoms with van der Waals surface area (Å²) in [4.78, 5) is 12.0. The van der Waals surface area contributed by atoms with Gasteiger partial charge in [0.1, 0.15) is 5.82 Å². The zero-order valence-electron chi connectivity index (χ0n) is 9.84. The maximum absolute atomic E-state index is 13.0. The lowest BCUT2D eigenvalue weighted by atomic mass is 10.0. The second kappa shape index (κ2) is 5.25. The molecule has 104 valence electrons. The molecule has 2 rings (SSSR count). The number of hydrogen-bond acceptors (Lipinski definition) is 1. The van der Waals surface area contributed by atoms with Crippen molar-refractivity contribution in [3.05, 3.63) is 70.0 Å². The van der Waals surface area contributed by atoms with Crippen molar-refractivity contribution >= 4 is 17.4 Å². The molecular weight excluding hydrogens is 296 g/mol. The first-order chi connectivity index (χ1) is 9.29. The van der Waals surface area contributed by atoms with Crippen molar-refractivity contribution in [1.29, 1.82) is 0 Å². The third-order valence-corrected chi connectivity index (χ3v) is 2.95. The molecule has 0 unspecified atom stereocenters. The molecule has 0 aliphatic rings. The summed E-state index contributed by atoms with van der Waals surface area (Å²) in [5, 5.41) is -0.220. The molecule has 20 heavy (non-hydrogen) atoms. The van der Waals surface area contributed by atoms with Crippen LogP contribution in [0.5, 0.6) is 0 Å². The van der Waals surface area contributed by atoms with E-state index in [1.165, 1.54) is 6.07 Å². The van der Waals surface area contributed by atoms with E-state index in [0.717, 1.165) is 36.4 Å². The van der Waals surface area contributed by atoms with E-state index in [9.17, 15) is 22.4 Å². The van der Waals surface area contributed by atoms with Gasteiger partial charge in [0.2, 0.25) is 0 Å². The van der Waals surface area contributed by atoms with Crippen LogP contribution in [0.2, 0.25) is 5.02 Å². The molecule has 1 nitrogen and oxygen atoms in total. The third kappa shape index (κ3) is 2.99. The first-order valence-electron chi connectivity index (χ1n) is 5.46. The zero-order valence-corrected chi connectivity index (χ0v) is 10.6. The van der Waals surface area contributed by atoms with Crippen molar-refractivity contribution in [2.45, 2.75) is 6.18 Å². The molecule has 2 aromatic carbocycles. The normalized spacial score (nSPS) is 11.4. The molecule has 0 saturated heterocycles. The van der Waals surface area contributed by atoms with Crippen LogP contribution in [0.3, 0.4) is 0 Å². The number of carbonyl (C=O) groups excluding carboxylic acids is 1. The van der Waals surface area contributed by atoms with E-state index >= 15 is 0 Å². The van der Waals surface area contributed by atoms with Crippen molar-refractivity contribution in [1.82, 2.24) is 0 Å². The second-order valence-corrected chi connectivity index (χ2v) is 4.44.